The molecule has 0 radical (unpaired) electrons. The van der Waals surface area contributed by atoms with Crippen LogP contribution in [0.1, 0.15) is 66.2 Å². The van der Waals surface area contributed by atoms with Crippen LogP contribution < -0.4 is 0 Å². The number of ether oxygens (including phenoxy) is 1. The van der Waals surface area contributed by atoms with Crippen LogP contribution in [-0.4, -0.2) is 66.4 Å². The molecule has 3 aliphatic rings. The maximum Gasteiger partial charge on any atom is 0.410 e. The third kappa shape index (κ3) is 4.55. The van der Waals surface area contributed by atoms with Gasteiger partial charge in [-0.25, -0.2) is 4.79 Å². The number of hydrogen-bond acceptors (Lipinski definition) is 6. The number of nitrogens with zero attached hydrogens (tertiary/aromatic N) is 1. The van der Waals surface area contributed by atoms with Crippen LogP contribution in [-0.2, 0) is 18.8 Å². The second kappa shape index (κ2) is 8.51. The number of aliphatic hydroxyl groups is 1. The molecule has 5 atom stereocenters. The highest BCUT2D eigenvalue weighted by Crippen LogP contribution is 2.62. The minimum Gasteiger partial charge on any atom is -0.444 e. The first kappa shape index (κ1) is 25.4. The Balaban J connectivity index is 1.91. The fourth-order valence-electron chi connectivity index (χ4n) is 6.17. The van der Waals surface area contributed by atoms with Crippen LogP contribution >= 0.6 is 0 Å². The van der Waals surface area contributed by atoms with Gasteiger partial charge in [-0.15, -0.1) is 0 Å². The van der Waals surface area contributed by atoms with Gasteiger partial charge in [-0.1, -0.05) is 6.92 Å². The highest BCUT2D eigenvalue weighted by molar-refractivity contribution is 6.69. The molecule has 1 saturated heterocycles. The summed E-state index contributed by atoms with van der Waals surface area (Å²) in [5.74, 6) is -0.561. The van der Waals surface area contributed by atoms with Crippen LogP contribution in [0.4, 0.5) is 4.79 Å². The molecule has 1 aliphatic heterocycles. The summed E-state index contributed by atoms with van der Waals surface area (Å²) in [4.78, 5) is 41.2. The Kier molecular flexibility index (Phi) is 6.75. The SMILES string of the molecule is C[C@H]1C[C@]2(O)C(=O)C[C@H]([C@H]1O[Si](C)(C)C)[C@]21CCCN(C(=O)OC(C)(C)C)CCCC1=O. The van der Waals surface area contributed by atoms with Crippen LogP contribution in [0.25, 0.3) is 0 Å². The quantitative estimate of drug-likeness (QED) is 0.619. The number of ketones is 2. The molecule has 0 aromatic carbocycles. The van der Waals surface area contributed by atoms with Gasteiger partial charge in [-0.3, -0.25) is 9.59 Å². The molecule has 2 aliphatic carbocycles. The molecule has 182 valence electrons. The molecule has 2 bridgehead atoms. The van der Waals surface area contributed by atoms with E-state index in [1.54, 1.807) is 4.90 Å². The summed E-state index contributed by atoms with van der Waals surface area (Å²) in [6.07, 6.45) is 1.51. The number of carbonyl (C=O) groups excluding carboxylic acids is 3. The maximum atomic E-state index is 13.7. The van der Waals surface area contributed by atoms with E-state index in [9.17, 15) is 19.5 Å². The van der Waals surface area contributed by atoms with Gasteiger partial charge in [0.1, 0.15) is 17.0 Å². The van der Waals surface area contributed by atoms with E-state index in [1.807, 2.05) is 27.7 Å². The van der Waals surface area contributed by atoms with Crippen molar-refractivity contribution in [3.05, 3.63) is 0 Å². The van der Waals surface area contributed by atoms with E-state index in [1.165, 1.54) is 0 Å². The van der Waals surface area contributed by atoms with Crippen molar-refractivity contribution in [2.75, 3.05) is 13.1 Å². The van der Waals surface area contributed by atoms with Crippen molar-refractivity contribution >= 4 is 26.0 Å². The van der Waals surface area contributed by atoms with Crippen LogP contribution in [0.3, 0.4) is 0 Å². The lowest BCUT2D eigenvalue weighted by Gasteiger charge is -2.53. The number of carbonyl (C=O) groups is 3. The Morgan fingerprint density at radius 2 is 1.75 bits per heavy atom. The molecule has 1 N–H and O–H groups in total. The van der Waals surface area contributed by atoms with Gasteiger partial charge in [0.05, 0.1) is 11.5 Å². The molecule has 8 heteroatoms. The summed E-state index contributed by atoms with van der Waals surface area (Å²) in [6.45, 7) is 14.8. The molecule has 3 rings (SSSR count). The van der Waals surface area contributed by atoms with Crippen molar-refractivity contribution < 1.29 is 28.7 Å². The van der Waals surface area contributed by atoms with E-state index in [0.717, 1.165) is 0 Å². The normalized spacial score (nSPS) is 36.6. The molecular formula is C24H41NO6Si. The summed E-state index contributed by atoms with van der Waals surface area (Å²) < 4.78 is 12.1. The number of hydrogen-bond donors (Lipinski definition) is 1. The summed E-state index contributed by atoms with van der Waals surface area (Å²) in [5.41, 5.74) is -3.34. The topological polar surface area (TPSA) is 93.1 Å². The summed E-state index contributed by atoms with van der Waals surface area (Å²) in [6, 6.07) is 0. The van der Waals surface area contributed by atoms with Gasteiger partial charge in [0, 0.05) is 31.8 Å². The highest BCUT2D eigenvalue weighted by Gasteiger charge is 2.72. The largest absolute Gasteiger partial charge is 0.444 e. The molecule has 7 nitrogen and oxygen atoms in total. The molecule has 3 fully saturated rings. The molecule has 0 aromatic rings. The lowest BCUT2D eigenvalue weighted by Crippen LogP contribution is -2.63. The van der Waals surface area contributed by atoms with E-state index in [2.05, 4.69) is 19.6 Å². The van der Waals surface area contributed by atoms with Crippen LogP contribution in [0, 0.1) is 17.3 Å². The Labute approximate surface area is 193 Å². The Hall–Kier alpha value is -1.25. The molecule has 2 saturated carbocycles. The van der Waals surface area contributed by atoms with Gasteiger partial charge < -0.3 is 19.2 Å². The molecule has 0 aromatic heterocycles. The maximum absolute atomic E-state index is 13.7. The number of amides is 1. The fourth-order valence-corrected chi connectivity index (χ4v) is 7.38. The molecular weight excluding hydrogens is 426 g/mol. The van der Waals surface area contributed by atoms with Gasteiger partial charge >= 0.3 is 6.09 Å². The number of Topliss-reactive ketones (excluding diaryl/α,β-unsaturated/α-hetero) is 2. The standard InChI is InChI=1S/C24H41NO6Si/c1-16-15-24(29)19(27)14-17(20(16)31-32(5,6)7)23(24)11-9-13-25(12-8-10-18(23)26)21(28)30-22(2,3)4/h16-17,20,29H,8-15H2,1-7H3/t16-,17+,20-,23-,24-/m0/s1. The first-order valence-electron chi connectivity index (χ1n) is 12.1. The second-order valence-corrected chi connectivity index (χ2v) is 16.5. The summed E-state index contributed by atoms with van der Waals surface area (Å²) in [7, 11) is -1.93. The van der Waals surface area contributed by atoms with Gasteiger partial charge in [0.25, 0.3) is 0 Å². The van der Waals surface area contributed by atoms with Gasteiger partial charge in [-0.2, -0.15) is 0 Å². The lowest BCUT2D eigenvalue weighted by molar-refractivity contribution is -0.181. The molecule has 1 heterocycles. The lowest BCUT2D eigenvalue weighted by atomic mass is 9.54. The van der Waals surface area contributed by atoms with Crippen molar-refractivity contribution in [2.45, 2.75) is 103 Å². The van der Waals surface area contributed by atoms with Crippen molar-refractivity contribution in [3.8, 4) is 0 Å². The number of rotatable bonds is 2. The highest BCUT2D eigenvalue weighted by atomic mass is 28.4. The Bertz CT molecular complexity index is 771. The van der Waals surface area contributed by atoms with Crippen LogP contribution in [0.15, 0.2) is 0 Å². The average molecular weight is 468 g/mol. The fraction of sp³-hybridized carbons (Fsp3) is 0.875. The van der Waals surface area contributed by atoms with Gasteiger partial charge in [0.15, 0.2) is 14.1 Å². The second-order valence-electron chi connectivity index (χ2n) is 12.0. The minimum absolute atomic E-state index is 0.00694. The molecule has 0 unspecified atom stereocenters. The van der Waals surface area contributed by atoms with E-state index >= 15 is 0 Å². The van der Waals surface area contributed by atoms with E-state index in [4.69, 9.17) is 9.16 Å². The molecule has 1 spiro atoms. The monoisotopic (exact) mass is 467 g/mol. The van der Waals surface area contributed by atoms with Crippen molar-refractivity contribution in [3.63, 3.8) is 0 Å². The van der Waals surface area contributed by atoms with Crippen molar-refractivity contribution in [1.82, 2.24) is 4.90 Å². The van der Waals surface area contributed by atoms with Crippen molar-refractivity contribution in [2.24, 2.45) is 17.3 Å². The molecule has 32 heavy (non-hydrogen) atoms. The van der Waals surface area contributed by atoms with E-state index in [0.29, 0.717) is 32.4 Å². The Morgan fingerprint density at radius 3 is 2.34 bits per heavy atom. The van der Waals surface area contributed by atoms with Gasteiger partial charge in [0.2, 0.25) is 0 Å². The summed E-state index contributed by atoms with van der Waals surface area (Å²) >= 11 is 0. The zero-order chi connectivity index (χ0) is 24.1. The predicted molar refractivity (Wildman–Crippen MR) is 124 cm³/mol. The molecule has 1 amide bonds. The van der Waals surface area contributed by atoms with E-state index < -0.39 is 24.9 Å². The first-order chi connectivity index (χ1) is 14.6. The van der Waals surface area contributed by atoms with Crippen LogP contribution in [0.5, 0.6) is 0 Å². The van der Waals surface area contributed by atoms with E-state index in [-0.39, 0.29) is 54.9 Å². The third-order valence-corrected chi connectivity index (χ3v) is 8.26. The minimum atomic E-state index is -1.93. The van der Waals surface area contributed by atoms with Crippen molar-refractivity contribution in [1.29, 1.82) is 0 Å². The smallest absolute Gasteiger partial charge is 0.410 e. The average Bonchev–Trinajstić information content (AvgIpc) is 2.83. The summed E-state index contributed by atoms with van der Waals surface area (Å²) in [5, 5.41) is 11.7. The third-order valence-electron chi connectivity index (χ3n) is 7.28. The zero-order valence-electron chi connectivity index (χ0n) is 20.8. The predicted octanol–water partition coefficient (Wildman–Crippen LogP) is 3.93. The first-order valence-corrected chi connectivity index (χ1v) is 15.5. The van der Waals surface area contributed by atoms with Gasteiger partial charge in [-0.05, 0) is 72.0 Å². The Morgan fingerprint density at radius 1 is 1.12 bits per heavy atom. The zero-order valence-corrected chi connectivity index (χ0v) is 21.8. The van der Waals surface area contributed by atoms with Crippen LogP contribution in [0.2, 0.25) is 19.6 Å².